The first-order valence-corrected chi connectivity index (χ1v) is 10.2. The Morgan fingerprint density at radius 3 is 2.53 bits per heavy atom. The third-order valence-electron chi connectivity index (χ3n) is 5.27. The van der Waals surface area contributed by atoms with Crippen LogP contribution in [-0.4, -0.2) is 29.4 Å². The Balaban J connectivity index is 1.78. The summed E-state index contributed by atoms with van der Waals surface area (Å²) in [4.78, 5) is 36.3. The molecule has 0 spiro atoms. The first-order chi connectivity index (χ1) is 15.2. The summed E-state index contributed by atoms with van der Waals surface area (Å²) in [5, 5.41) is 13.9. The first-order valence-electron chi connectivity index (χ1n) is 10.2. The largest absolute Gasteiger partial charge is 0.459 e. The molecule has 32 heavy (non-hydrogen) atoms. The predicted molar refractivity (Wildman–Crippen MR) is 118 cm³/mol. The third-order valence-corrected chi connectivity index (χ3v) is 5.27. The Bertz CT molecular complexity index is 1170. The predicted octanol–water partition coefficient (Wildman–Crippen LogP) is 3.96. The molecule has 0 saturated heterocycles. The molecule has 0 radical (unpaired) electrons. The second-order valence-corrected chi connectivity index (χ2v) is 7.50. The molecule has 3 rings (SSSR count). The minimum Gasteiger partial charge on any atom is -0.459 e. The molecule has 1 heterocycles. The Morgan fingerprint density at radius 1 is 1.12 bits per heavy atom. The van der Waals surface area contributed by atoms with Crippen LogP contribution >= 0.6 is 0 Å². The monoisotopic (exact) mass is 439 g/mol. The van der Waals surface area contributed by atoms with E-state index in [9.17, 15) is 19.5 Å². The van der Waals surface area contributed by atoms with Crippen LogP contribution < -0.4 is 10.9 Å². The van der Waals surface area contributed by atoms with Gasteiger partial charge in [0.1, 0.15) is 12.2 Å². The van der Waals surface area contributed by atoms with Crippen LogP contribution in [0.3, 0.4) is 0 Å². The number of fused-ring (bicyclic) bond motifs is 1. The van der Waals surface area contributed by atoms with E-state index in [0.717, 1.165) is 5.56 Å². The van der Waals surface area contributed by atoms with Crippen LogP contribution in [0.15, 0.2) is 63.8 Å². The molecule has 0 aliphatic carbocycles. The van der Waals surface area contributed by atoms with Gasteiger partial charge in [0.15, 0.2) is 5.60 Å². The molecular formula is C24H25NO7. The molecule has 0 fully saturated rings. The van der Waals surface area contributed by atoms with E-state index in [4.69, 9.17) is 13.9 Å². The summed E-state index contributed by atoms with van der Waals surface area (Å²) in [7, 11) is 0. The van der Waals surface area contributed by atoms with Gasteiger partial charge in [0, 0.05) is 34.7 Å². The molecule has 0 bridgehead atoms. The van der Waals surface area contributed by atoms with E-state index in [1.807, 2.05) is 30.3 Å². The van der Waals surface area contributed by atoms with E-state index in [2.05, 4.69) is 5.32 Å². The van der Waals surface area contributed by atoms with E-state index in [-0.39, 0.29) is 18.8 Å². The van der Waals surface area contributed by atoms with Crippen LogP contribution in [0.2, 0.25) is 0 Å². The van der Waals surface area contributed by atoms with Crippen molar-refractivity contribution in [1.82, 2.24) is 0 Å². The van der Waals surface area contributed by atoms with Crippen molar-refractivity contribution in [2.24, 2.45) is 0 Å². The van der Waals surface area contributed by atoms with Gasteiger partial charge in [-0.25, -0.2) is 14.4 Å². The quantitative estimate of drug-likeness (QED) is 0.423. The van der Waals surface area contributed by atoms with Crippen LogP contribution in [0.4, 0.5) is 10.5 Å². The van der Waals surface area contributed by atoms with Crippen molar-refractivity contribution in [2.45, 2.75) is 38.9 Å². The summed E-state index contributed by atoms with van der Waals surface area (Å²) in [6, 6.07) is 15.1. The van der Waals surface area contributed by atoms with Crippen LogP contribution in [0.25, 0.3) is 11.0 Å². The number of hydrogen-bond acceptors (Lipinski definition) is 7. The lowest BCUT2D eigenvalue weighted by molar-refractivity contribution is -0.167. The highest BCUT2D eigenvalue weighted by Crippen LogP contribution is 2.29. The molecule has 2 N–H and O–H groups in total. The molecule has 8 heteroatoms. The van der Waals surface area contributed by atoms with Gasteiger partial charge in [-0.3, -0.25) is 5.32 Å². The number of nitrogens with one attached hydrogen (secondary N) is 1. The molecule has 3 aromatic rings. The van der Waals surface area contributed by atoms with Gasteiger partial charge in [-0.05, 0) is 31.5 Å². The number of anilines is 1. The molecule has 0 aliphatic rings. The standard InChI is InChI=1S/C24H25NO7/c1-4-30-23(28)25-18-10-11-19-17(12-21(26)32-20(19)13-18)14-31-22(27)24(3,29)15(2)16-8-6-5-7-9-16/h5-13,15,29H,4,14H2,1-3H3,(H,25,28). The Morgan fingerprint density at radius 2 is 1.84 bits per heavy atom. The lowest BCUT2D eigenvalue weighted by atomic mass is 9.85. The maximum absolute atomic E-state index is 12.7. The van der Waals surface area contributed by atoms with Gasteiger partial charge in [0.25, 0.3) is 0 Å². The van der Waals surface area contributed by atoms with Crippen LogP contribution in [-0.2, 0) is 20.9 Å². The molecule has 2 aromatic carbocycles. The van der Waals surface area contributed by atoms with E-state index < -0.39 is 29.2 Å². The number of hydrogen-bond donors (Lipinski definition) is 2. The fourth-order valence-corrected chi connectivity index (χ4v) is 3.24. The van der Waals surface area contributed by atoms with Crippen molar-refractivity contribution in [3.63, 3.8) is 0 Å². The summed E-state index contributed by atoms with van der Waals surface area (Å²) >= 11 is 0. The van der Waals surface area contributed by atoms with Crippen molar-refractivity contribution in [3.8, 4) is 0 Å². The zero-order valence-corrected chi connectivity index (χ0v) is 18.1. The fraction of sp³-hybridized carbons (Fsp3) is 0.292. The highest BCUT2D eigenvalue weighted by molar-refractivity contribution is 5.90. The number of rotatable bonds is 7. The van der Waals surface area contributed by atoms with Gasteiger partial charge in [0.05, 0.1) is 6.61 Å². The molecule has 0 aliphatic heterocycles. The highest BCUT2D eigenvalue weighted by atomic mass is 16.6. The van der Waals surface area contributed by atoms with E-state index in [1.54, 1.807) is 26.0 Å². The summed E-state index contributed by atoms with van der Waals surface area (Å²) in [6.07, 6.45) is -0.631. The van der Waals surface area contributed by atoms with Gasteiger partial charge in [0.2, 0.25) is 0 Å². The summed E-state index contributed by atoms with van der Waals surface area (Å²) in [5.41, 5.74) is -0.610. The molecule has 1 aromatic heterocycles. The molecule has 8 nitrogen and oxygen atoms in total. The Hall–Kier alpha value is -3.65. The zero-order chi connectivity index (χ0) is 23.3. The Labute approximate surface area is 184 Å². The van der Waals surface area contributed by atoms with E-state index in [0.29, 0.717) is 16.6 Å². The van der Waals surface area contributed by atoms with Gasteiger partial charge >= 0.3 is 17.7 Å². The number of esters is 1. The number of benzene rings is 2. The van der Waals surface area contributed by atoms with Crippen molar-refractivity contribution in [2.75, 3.05) is 11.9 Å². The minimum absolute atomic E-state index is 0.210. The molecule has 168 valence electrons. The molecule has 0 saturated carbocycles. The SMILES string of the molecule is CCOC(=O)Nc1ccc2c(COC(=O)C(C)(O)C(C)c3ccccc3)cc(=O)oc2c1. The van der Waals surface area contributed by atoms with Crippen LogP contribution in [0, 0.1) is 0 Å². The van der Waals surface area contributed by atoms with Crippen molar-refractivity contribution in [1.29, 1.82) is 0 Å². The number of ether oxygens (including phenoxy) is 2. The van der Waals surface area contributed by atoms with E-state index >= 15 is 0 Å². The van der Waals surface area contributed by atoms with Gasteiger partial charge in [-0.2, -0.15) is 0 Å². The highest BCUT2D eigenvalue weighted by Gasteiger charge is 2.39. The number of amides is 1. The van der Waals surface area contributed by atoms with Gasteiger partial charge < -0.3 is 19.0 Å². The topological polar surface area (TPSA) is 115 Å². The first kappa shape index (κ1) is 23.0. The average Bonchev–Trinajstić information content (AvgIpc) is 2.77. The lowest BCUT2D eigenvalue weighted by Crippen LogP contribution is -2.41. The molecule has 2 atom stereocenters. The van der Waals surface area contributed by atoms with E-state index in [1.165, 1.54) is 19.1 Å². The van der Waals surface area contributed by atoms with Crippen LogP contribution in [0.5, 0.6) is 0 Å². The maximum Gasteiger partial charge on any atom is 0.411 e. The third kappa shape index (κ3) is 5.15. The minimum atomic E-state index is -1.77. The smallest absolute Gasteiger partial charge is 0.411 e. The van der Waals surface area contributed by atoms with Gasteiger partial charge in [-0.1, -0.05) is 37.3 Å². The Kier molecular flexibility index (Phi) is 6.95. The summed E-state index contributed by atoms with van der Waals surface area (Å²) in [5.74, 6) is -1.32. The lowest BCUT2D eigenvalue weighted by Gasteiger charge is -2.28. The normalized spacial score (nSPS) is 13.8. The molecule has 2 unspecified atom stereocenters. The van der Waals surface area contributed by atoms with Crippen molar-refractivity contribution < 1.29 is 28.6 Å². The summed E-state index contributed by atoms with van der Waals surface area (Å²) in [6.45, 7) is 4.81. The second-order valence-electron chi connectivity index (χ2n) is 7.50. The number of carbonyl (C=O) groups excluding carboxylic acids is 2. The fourth-order valence-electron chi connectivity index (χ4n) is 3.24. The summed E-state index contributed by atoms with van der Waals surface area (Å²) < 4.78 is 15.4. The van der Waals surface area contributed by atoms with Crippen molar-refractivity contribution in [3.05, 3.63) is 76.1 Å². The second kappa shape index (κ2) is 9.65. The average molecular weight is 439 g/mol. The molecule has 1 amide bonds. The molecular weight excluding hydrogens is 414 g/mol. The number of aliphatic hydroxyl groups is 1. The van der Waals surface area contributed by atoms with Crippen LogP contribution in [0.1, 0.15) is 37.8 Å². The maximum atomic E-state index is 12.7. The van der Waals surface area contributed by atoms with Crippen molar-refractivity contribution >= 4 is 28.7 Å². The zero-order valence-electron chi connectivity index (χ0n) is 18.1. The number of carbonyl (C=O) groups is 2. The van der Waals surface area contributed by atoms with Gasteiger partial charge in [-0.15, -0.1) is 0 Å².